The number of rotatable bonds is 5. The SMILES string of the molecule is C=Cc1ccc(OP(O)O)c(-c2c(C)cccc2C)c1-c1c(C)cccc1C. The third-order valence-corrected chi connectivity index (χ3v) is 5.42. The van der Waals surface area contributed by atoms with Crippen molar-refractivity contribution in [2.45, 2.75) is 27.7 Å². The summed E-state index contributed by atoms with van der Waals surface area (Å²) in [7, 11) is -2.54. The lowest BCUT2D eigenvalue weighted by atomic mass is 9.83. The summed E-state index contributed by atoms with van der Waals surface area (Å²) in [5.41, 5.74) is 9.46. The molecule has 0 bridgehead atoms. The van der Waals surface area contributed by atoms with Crippen molar-refractivity contribution in [2.24, 2.45) is 0 Å². The summed E-state index contributed by atoms with van der Waals surface area (Å²) in [4.78, 5) is 19.2. The molecule has 0 aromatic heterocycles. The van der Waals surface area contributed by atoms with Gasteiger partial charge in [-0.1, -0.05) is 55.1 Å². The fraction of sp³-hybridized carbons (Fsp3) is 0.167. The molecule has 3 rings (SSSR count). The van der Waals surface area contributed by atoms with Gasteiger partial charge in [-0.2, -0.15) is 0 Å². The van der Waals surface area contributed by atoms with Crippen molar-refractivity contribution in [2.75, 3.05) is 0 Å². The Morgan fingerprint density at radius 3 is 1.61 bits per heavy atom. The quantitative estimate of drug-likeness (QED) is 0.488. The average molecular weight is 392 g/mol. The minimum Gasteiger partial charge on any atom is -0.426 e. The summed E-state index contributed by atoms with van der Waals surface area (Å²) in [6, 6.07) is 16.1. The van der Waals surface area contributed by atoms with E-state index in [0.29, 0.717) is 5.75 Å². The van der Waals surface area contributed by atoms with Crippen LogP contribution in [0.2, 0.25) is 0 Å². The molecule has 0 fully saturated rings. The second kappa shape index (κ2) is 8.28. The molecule has 3 aromatic rings. The molecule has 3 aromatic carbocycles. The highest BCUT2D eigenvalue weighted by Crippen LogP contribution is 2.48. The average Bonchev–Trinajstić information content (AvgIpc) is 2.62. The first kappa shape index (κ1) is 20.3. The molecule has 0 saturated carbocycles. The van der Waals surface area contributed by atoms with Crippen LogP contribution >= 0.6 is 8.60 Å². The fourth-order valence-electron chi connectivity index (χ4n) is 3.87. The predicted octanol–water partition coefficient (Wildman–Crippen LogP) is 6.49. The molecule has 0 heterocycles. The molecule has 0 aliphatic heterocycles. The molecule has 0 aliphatic carbocycles. The summed E-state index contributed by atoms with van der Waals surface area (Å²) in [6.45, 7) is 12.3. The lowest BCUT2D eigenvalue weighted by Gasteiger charge is -2.23. The van der Waals surface area contributed by atoms with Crippen LogP contribution < -0.4 is 4.52 Å². The van der Waals surface area contributed by atoms with Gasteiger partial charge in [-0.3, -0.25) is 0 Å². The Kier molecular flexibility index (Phi) is 6.00. The molecule has 0 spiro atoms. The predicted molar refractivity (Wildman–Crippen MR) is 118 cm³/mol. The largest absolute Gasteiger partial charge is 0.426 e. The van der Waals surface area contributed by atoms with Crippen molar-refractivity contribution in [3.8, 4) is 28.0 Å². The van der Waals surface area contributed by atoms with Crippen molar-refractivity contribution in [3.63, 3.8) is 0 Å². The van der Waals surface area contributed by atoms with Crippen LogP contribution in [0.25, 0.3) is 28.3 Å². The first-order chi connectivity index (χ1) is 13.3. The van der Waals surface area contributed by atoms with Crippen LogP contribution in [-0.2, 0) is 0 Å². The minimum atomic E-state index is -2.54. The number of hydrogen-bond donors (Lipinski definition) is 2. The Morgan fingerprint density at radius 2 is 1.18 bits per heavy atom. The van der Waals surface area contributed by atoms with Gasteiger partial charge in [0.1, 0.15) is 5.75 Å². The van der Waals surface area contributed by atoms with E-state index < -0.39 is 8.60 Å². The second-order valence-corrected chi connectivity index (χ2v) is 7.67. The number of benzene rings is 3. The van der Waals surface area contributed by atoms with Gasteiger partial charge in [0.05, 0.1) is 0 Å². The van der Waals surface area contributed by atoms with Crippen LogP contribution in [0.1, 0.15) is 27.8 Å². The smallest absolute Gasteiger partial charge is 0.391 e. The van der Waals surface area contributed by atoms with E-state index in [1.165, 1.54) is 0 Å². The van der Waals surface area contributed by atoms with Crippen molar-refractivity contribution < 1.29 is 14.3 Å². The van der Waals surface area contributed by atoms with Crippen molar-refractivity contribution in [3.05, 3.63) is 82.9 Å². The summed E-state index contributed by atoms with van der Waals surface area (Å²) >= 11 is 0. The maximum Gasteiger partial charge on any atom is 0.391 e. The highest BCUT2D eigenvalue weighted by atomic mass is 31.2. The zero-order chi connectivity index (χ0) is 20.4. The molecule has 144 valence electrons. The maximum atomic E-state index is 9.59. The van der Waals surface area contributed by atoms with E-state index in [1.54, 1.807) is 6.07 Å². The summed E-state index contributed by atoms with van der Waals surface area (Å²) in [6.07, 6.45) is 1.84. The lowest BCUT2D eigenvalue weighted by Crippen LogP contribution is -2.00. The van der Waals surface area contributed by atoms with Gasteiger partial charge < -0.3 is 14.3 Å². The molecule has 3 nitrogen and oxygen atoms in total. The van der Waals surface area contributed by atoms with Gasteiger partial charge in [0.25, 0.3) is 0 Å². The lowest BCUT2D eigenvalue weighted by molar-refractivity contribution is 0.375. The van der Waals surface area contributed by atoms with Gasteiger partial charge in [-0.15, -0.1) is 0 Å². The Hall–Kier alpha value is -2.45. The van der Waals surface area contributed by atoms with E-state index >= 15 is 0 Å². The molecule has 0 unspecified atom stereocenters. The van der Waals surface area contributed by atoms with Crippen LogP contribution in [0.3, 0.4) is 0 Å². The molecule has 0 saturated heterocycles. The summed E-state index contributed by atoms with van der Waals surface area (Å²) in [5.74, 6) is 0.455. The molecular formula is C24H25O3P. The van der Waals surface area contributed by atoms with Crippen molar-refractivity contribution in [1.29, 1.82) is 0 Å². The van der Waals surface area contributed by atoms with E-state index in [0.717, 1.165) is 50.1 Å². The Morgan fingerprint density at radius 1 is 0.714 bits per heavy atom. The Balaban J connectivity index is 2.52. The molecule has 0 amide bonds. The van der Waals surface area contributed by atoms with Crippen LogP contribution in [0.5, 0.6) is 5.75 Å². The van der Waals surface area contributed by atoms with Gasteiger partial charge in [-0.05, 0) is 72.7 Å². The van der Waals surface area contributed by atoms with E-state index in [9.17, 15) is 9.79 Å². The third-order valence-electron chi connectivity index (χ3n) is 5.06. The van der Waals surface area contributed by atoms with E-state index in [2.05, 4.69) is 58.5 Å². The molecule has 4 heteroatoms. The topological polar surface area (TPSA) is 49.7 Å². The van der Waals surface area contributed by atoms with Crippen LogP contribution in [0, 0.1) is 27.7 Å². The molecule has 0 radical (unpaired) electrons. The van der Waals surface area contributed by atoms with Gasteiger partial charge in [-0.25, -0.2) is 0 Å². The Bertz CT molecular complexity index is 998. The molecule has 0 atom stereocenters. The van der Waals surface area contributed by atoms with E-state index in [-0.39, 0.29) is 0 Å². The standard InChI is InChI=1S/C24H25O3P/c1-6-19-13-14-20(27-28(25)26)24(22-17(4)11-8-12-18(22)5)23(19)21-15(2)9-7-10-16(21)3/h6-14,25-26H,1H2,2-5H3. The van der Waals surface area contributed by atoms with E-state index in [1.807, 2.05) is 24.3 Å². The summed E-state index contributed by atoms with van der Waals surface area (Å²) < 4.78 is 5.49. The monoisotopic (exact) mass is 392 g/mol. The third kappa shape index (κ3) is 3.74. The highest BCUT2D eigenvalue weighted by Gasteiger charge is 2.23. The molecular weight excluding hydrogens is 367 g/mol. The molecule has 2 N–H and O–H groups in total. The molecule has 28 heavy (non-hydrogen) atoms. The summed E-state index contributed by atoms with van der Waals surface area (Å²) in [5, 5.41) is 0. The zero-order valence-electron chi connectivity index (χ0n) is 16.7. The number of aryl methyl sites for hydroxylation is 4. The van der Waals surface area contributed by atoms with Crippen molar-refractivity contribution in [1.82, 2.24) is 0 Å². The van der Waals surface area contributed by atoms with Crippen LogP contribution in [-0.4, -0.2) is 9.79 Å². The fourth-order valence-corrected chi connectivity index (χ4v) is 4.20. The van der Waals surface area contributed by atoms with Gasteiger partial charge in [0.15, 0.2) is 0 Å². The van der Waals surface area contributed by atoms with Crippen molar-refractivity contribution >= 4 is 14.7 Å². The van der Waals surface area contributed by atoms with Gasteiger partial charge in [0, 0.05) is 11.1 Å². The highest BCUT2D eigenvalue weighted by molar-refractivity contribution is 7.39. The first-order valence-electron chi connectivity index (χ1n) is 9.13. The maximum absolute atomic E-state index is 9.59. The normalized spacial score (nSPS) is 11.0. The second-order valence-electron chi connectivity index (χ2n) is 6.98. The van der Waals surface area contributed by atoms with Crippen LogP contribution in [0.4, 0.5) is 0 Å². The van der Waals surface area contributed by atoms with Crippen LogP contribution in [0.15, 0.2) is 55.1 Å². The zero-order valence-corrected chi connectivity index (χ0v) is 17.5. The minimum absolute atomic E-state index is 0.455. The first-order valence-corrected chi connectivity index (χ1v) is 10.3. The van der Waals surface area contributed by atoms with E-state index in [4.69, 9.17) is 4.52 Å². The molecule has 0 aliphatic rings. The number of hydrogen-bond acceptors (Lipinski definition) is 3. The Labute approximate surface area is 168 Å². The van der Waals surface area contributed by atoms with Gasteiger partial charge >= 0.3 is 8.60 Å². The van der Waals surface area contributed by atoms with Gasteiger partial charge in [0.2, 0.25) is 0 Å².